The van der Waals surface area contributed by atoms with Crippen molar-refractivity contribution in [3.8, 4) is 0 Å². The van der Waals surface area contributed by atoms with Gasteiger partial charge in [0, 0.05) is 4.47 Å². The van der Waals surface area contributed by atoms with E-state index in [1.807, 2.05) is 31.2 Å². The summed E-state index contributed by atoms with van der Waals surface area (Å²) in [6.45, 7) is 1.97. The van der Waals surface area contributed by atoms with Gasteiger partial charge in [0.15, 0.2) is 0 Å². The lowest BCUT2D eigenvalue weighted by molar-refractivity contribution is -0.120. The van der Waals surface area contributed by atoms with Gasteiger partial charge in [-0.2, -0.15) is 0 Å². The second kappa shape index (κ2) is 7.61. The number of amides is 1. The second-order valence-corrected chi connectivity index (χ2v) is 6.14. The van der Waals surface area contributed by atoms with Crippen LogP contribution in [0.5, 0.6) is 0 Å². The molecule has 1 amide bonds. The lowest BCUT2D eigenvalue weighted by Gasteiger charge is -2.15. The Bertz CT molecular complexity index is 664. The molecule has 0 fully saturated rings. The van der Waals surface area contributed by atoms with Crippen LogP contribution in [-0.2, 0) is 4.79 Å². The molecule has 0 radical (unpaired) electrons. The zero-order valence-electron chi connectivity index (χ0n) is 11.9. The molecule has 0 aliphatic heterocycles. The first kappa shape index (κ1) is 16.8. The van der Waals surface area contributed by atoms with Crippen LogP contribution in [0.2, 0.25) is 5.02 Å². The number of carbonyl (C=O) groups is 1. The Morgan fingerprint density at radius 2 is 1.95 bits per heavy atom. The van der Waals surface area contributed by atoms with Crippen LogP contribution >= 0.6 is 27.5 Å². The highest BCUT2D eigenvalue weighted by atomic mass is 79.9. The van der Waals surface area contributed by atoms with Gasteiger partial charge in [0.05, 0.1) is 23.3 Å². The fourth-order valence-electron chi connectivity index (χ4n) is 1.94. The molecule has 0 spiro atoms. The first-order valence-corrected chi connectivity index (χ1v) is 7.86. The molecular weight excluding hydrogens is 371 g/mol. The van der Waals surface area contributed by atoms with Crippen LogP contribution in [0.15, 0.2) is 46.9 Å². The summed E-state index contributed by atoms with van der Waals surface area (Å²) in [6, 6.07) is 11.6. The van der Waals surface area contributed by atoms with Crippen molar-refractivity contribution < 1.29 is 9.18 Å². The molecule has 6 heteroatoms. The molecule has 0 saturated heterocycles. The lowest BCUT2D eigenvalue weighted by Crippen LogP contribution is -2.32. The van der Waals surface area contributed by atoms with Crippen LogP contribution < -0.4 is 10.6 Å². The molecule has 0 aromatic heterocycles. The van der Waals surface area contributed by atoms with E-state index in [4.69, 9.17) is 11.6 Å². The van der Waals surface area contributed by atoms with E-state index in [1.54, 1.807) is 0 Å². The van der Waals surface area contributed by atoms with Crippen molar-refractivity contribution in [2.24, 2.45) is 0 Å². The van der Waals surface area contributed by atoms with Crippen molar-refractivity contribution in [1.29, 1.82) is 0 Å². The molecule has 2 aromatic rings. The van der Waals surface area contributed by atoms with Crippen molar-refractivity contribution in [2.45, 2.75) is 13.0 Å². The van der Waals surface area contributed by atoms with E-state index < -0.39 is 5.82 Å². The Morgan fingerprint density at radius 3 is 2.59 bits per heavy atom. The lowest BCUT2D eigenvalue weighted by atomic mass is 10.1. The average Bonchev–Trinajstić information content (AvgIpc) is 2.47. The van der Waals surface area contributed by atoms with Crippen LogP contribution in [0.4, 0.5) is 10.1 Å². The summed E-state index contributed by atoms with van der Waals surface area (Å²) in [5, 5.41) is 6.01. The van der Waals surface area contributed by atoms with Crippen molar-refractivity contribution in [2.75, 3.05) is 11.9 Å². The van der Waals surface area contributed by atoms with Gasteiger partial charge in [-0.25, -0.2) is 4.39 Å². The normalized spacial score (nSPS) is 11.8. The molecular formula is C16H15BrClFN2O. The molecule has 0 aliphatic carbocycles. The highest BCUT2D eigenvalue weighted by Crippen LogP contribution is 2.22. The third kappa shape index (κ3) is 4.71. The first-order valence-electron chi connectivity index (χ1n) is 6.69. The van der Waals surface area contributed by atoms with Crippen LogP contribution in [0.25, 0.3) is 0 Å². The molecule has 0 saturated carbocycles. The summed E-state index contributed by atoms with van der Waals surface area (Å²) in [7, 11) is 0. The van der Waals surface area contributed by atoms with E-state index in [-0.39, 0.29) is 23.5 Å². The fourth-order valence-corrected chi connectivity index (χ4v) is 2.43. The highest BCUT2D eigenvalue weighted by Gasteiger charge is 2.10. The van der Waals surface area contributed by atoms with Gasteiger partial charge >= 0.3 is 0 Å². The Morgan fingerprint density at radius 1 is 1.27 bits per heavy atom. The number of carbonyl (C=O) groups excluding carboxylic acids is 1. The molecule has 1 unspecified atom stereocenters. The molecule has 0 heterocycles. The minimum atomic E-state index is -0.413. The largest absolute Gasteiger partial charge is 0.375 e. The number of anilines is 1. The summed E-state index contributed by atoms with van der Waals surface area (Å²) < 4.78 is 13.9. The van der Waals surface area contributed by atoms with Gasteiger partial charge < -0.3 is 10.6 Å². The summed E-state index contributed by atoms with van der Waals surface area (Å²) in [4.78, 5) is 11.9. The van der Waals surface area contributed by atoms with Gasteiger partial charge in [-0.3, -0.25) is 4.79 Å². The van der Waals surface area contributed by atoms with Crippen LogP contribution in [0.3, 0.4) is 0 Å². The van der Waals surface area contributed by atoms with E-state index in [1.165, 1.54) is 18.2 Å². The molecule has 0 bridgehead atoms. The van der Waals surface area contributed by atoms with Crippen molar-refractivity contribution in [3.63, 3.8) is 0 Å². The van der Waals surface area contributed by atoms with Crippen molar-refractivity contribution in [1.82, 2.24) is 5.32 Å². The first-order chi connectivity index (χ1) is 10.5. The van der Waals surface area contributed by atoms with Gasteiger partial charge in [-0.1, -0.05) is 39.7 Å². The summed E-state index contributed by atoms with van der Waals surface area (Å²) in [5.41, 5.74) is 1.53. The molecule has 116 valence electrons. The van der Waals surface area contributed by atoms with Gasteiger partial charge in [0.25, 0.3) is 0 Å². The maximum Gasteiger partial charge on any atom is 0.239 e. The van der Waals surface area contributed by atoms with E-state index in [0.717, 1.165) is 10.0 Å². The highest BCUT2D eigenvalue weighted by molar-refractivity contribution is 9.10. The predicted molar refractivity (Wildman–Crippen MR) is 90.6 cm³/mol. The SMILES string of the molecule is CC(NC(=O)CNc1ccc(F)cc1Cl)c1ccc(Br)cc1. The third-order valence-corrected chi connectivity index (χ3v) is 3.96. The van der Waals surface area contributed by atoms with E-state index in [9.17, 15) is 9.18 Å². The minimum Gasteiger partial charge on any atom is -0.375 e. The number of hydrogen-bond donors (Lipinski definition) is 2. The summed E-state index contributed by atoms with van der Waals surface area (Å²) >= 11 is 9.26. The second-order valence-electron chi connectivity index (χ2n) is 4.82. The number of hydrogen-bond acceptors (Lipinski definition) is 2. The molecule has 3 nitrogen and oxygen atoms in total. The standard InChI is InChI=1S/C16H15BrClFN2O/c1-10(11-2-4-12(17)5-3-11)21-16(22)9-20-15-7-6-13(19)8-14(15)18/h2-8,10,20H,9H2,1H3,(H,21,22). The van der Waals surface area contributed by atoms with Gasteiger partial charge in [0.1, 0.15) is 5.82 Å². The monoisotopic (exact) mass is 384 g/mol. The molecule has 2 aromatic carbocycles. The minimum absolute atomic E-state index is 0.0617. The number of nitrogens with one attached hydrogen (secondary N) is 2. The fraction of sp³-hybridized carbons (Fsp3) is 0.188. The maximum atomic E-state index is 12.9. The quantitative estimate of drug-likeness (QED) is 0.794. The summed E-state index contributed by atoms with van der Waals surface area (Å²) in [6.07, 6.45) is 0. The third-order valence-electron chi connectivity index (χ3n) is 3.12. The topological polar surface area (TPSA) is 41.1 Å². The summed E-state index contributed by atoms with van der Waals surface area (Å²) in [5.74, 6) is -0.584. The molecule has 2 N–H and O–H groups in total. The van der Waals surface area contributed by atoms with E-state index >= 15 is 0 Å². The van der Waals surface area contributed by atoms with E-state index in [2.05, 4.69) is 26.6 Å². The zero-order chi connectivity index (χ0) is 16.1. The van der Waals surface area contributed by atoms with Crippen LogP contribution in [0.1, 0.15) is 18.5 Å². The Kier molecular flexibility index (Phi) is 5.80. The number of rotatable bonds is 5. The van der Waals surface area contributed by atoms with Crippen molar-refractivity contribution in [3.05, 3.63) is 63.3 Å². The van der Waals surface area contributed by atoms with Crippen LogP contribution in [0, 0.1) is 5.82 Å². The smallest absolute Gasteiger partial charge is 0.239 e. The molecule has 2 rings (SSSR count). The predicted octanol–water partition coefficient (Wildman–Crippen LogP) is 4.53. The zero-order valence-corrected chi connectivity index (χ0v) is 14.2. The Balaban J connectivity index is 1.88. The van der Waals surface area contributed by atoms with Crippen LogP contribution in [-0.4, -0.2) is 12.5 Å². The molecule has 22 heavy (non-hydrogen) atoms. The average molecular weight is 386 g/mol. The van der Waals surface area contributed by atoms with Gasteiger partial charge in [0.2, 0.25) is 5.91 Å². The number of halogens is 3. The number of benzene rings is 2. The Labute approximate surface area is 142 Å². The molecule has 1 atom stereocenters. The maximum absolute atomic E-state index is 12.9. The molecule has 0 aliphatic rings. The van der Waals surface area contributed by atoms with Crippen molar-refractivity contribution >= 4 is 39.1 Å². The van der Waals surface area contributed by atoms with E-state index in [0.29, 0.717) is 5.69 Å². The van der Waals surface area contributed by atoms with Gasteiger partial charge in [-0.15, -0.1) is 0 Å². The Hall–Kier alpha value is -1.59. The van der Waals surface area contributed by atoms with Gasteiger partial charge in [-0.05, 0) is 42.8 Å².